The molecule has 0 aromatic heterocycles. The molecule has 0 spiro atoms. The SMILES string of the molecule is O=C1C2=C(C(=O)c3ccccc31)[C@@H]1CCCCCCCCCC[C@]1(Sc1ccccc1)O2. The van der Waals surface area contributed by atoms with Crippen molar-refractivity contribution in [1.82, 2.24) is 0 Å². The average molecular weight is 447 g/mol. The van der Waals surface area contributed by atoms with Crippen LogP contribution in [-0.2, 0) is 4.74 Å². The van der Waals surface area contributed by atoms with Gasteiger partial charge in [-0.25, -0.2) is 0 Å². The zero-order valence-corrected chi connectivity index (χ0v) is 19.3. The quantitative estimate of drug-likeness (QED) is 0.483. The minimum absolute atomic E-state index is 0.0113. The van der Waals surface area contributed by atoms with E-state index in [1.165, 1.54) is 38.5 Å². The number of hydrogen-bond donors (Lipinski definition) is 0. The number of hydrogen-bond acceptors (Lipinski definition) is 4. The highest BCUT2D eigenvalue weighted by molar-refractivity contribution is 8.00. The highest BCUT2D eigenvalue weighted by Crippen LogP contribution is 2.56. The monoisotopic (exact) mass is 446 g/mol. The Morgan fingerprint density at radius 2 is 1.31 bits per heavy atom. The van der Waals surface area contributed by atoms with Crippen LogP contribution in [0, 0.1) is 5.92 Å². The number of thioether (sulfide) groups is 1. The molecule has 2 aliphatic carbocycles. The van der Waals surface area contributed by atoms with Gasteiger partial charge in [0, 0.05) is 21.9 Å². The second-order valence-electron chi connectivity index (χ2n) is 9.20. The fourth-order valence-electron chi connectivity index (χ4n) is 5.45. The summed E-state index contributed by atoms with van der Waals surface area (Å²) in [5, 5.41) is 0. The molecule has 32 heavy (non-hydrogen) atoms. The van der Waals surface area contributed by atoms with Crippen molar-refractivity contribution in [3.05, 3.63) is 77.1 Å². The molecular formula is C28H30O3S. The molecule has 0 radical (unpaired) electrons. The van der Waals surface area contributed by atoms with Crippen LogP contribution in [0.1, 0.15) is 84.9 Å². The molecule has 3 aliphatic rings. The van der Waals surface area contributed by atoms with Crippen LogP contribution in [0.3, 0.4) is 0 Å². The second kappa shape index (κ2) is 9.27. The van der Waals surface area contributed by atoms with Gasteiger partial charge in [-0.2, -0.15) is 0 Å². The molecule has 166 valence electrons. The summed E-state index contributed by atoms with van der Waals surface area (Å²) < 4.78 is 6.68. The molecule has 0 N–H and O–H groups in total. The van der Waals surface area contributed by atoms with Gasteiger partial charge in [-0.1, -0.05) is 99.2 Å². The third-order valence-corrected chi connectivity index (χ3v) is 8.49. The van der Waals surface area contributed by atoms with E-state index in [-0.39, 0.29) is 17.5 Å². The number of carbonyl (C=O) groups excluding carboxylic acids is 2. The zero-order valence-electron chi connectivity index (χ0n) is 18.5. The zero-order chi connectivity index (χ0) is 22.0. The molecule has 0 amide bonds. The van der Waals surface area contributed by atoms with Gasteiger partial charge in [-0.05, 0) is 31.4 Å². The molecule has 0 unspecified atom stereocenters. The summed E-state index contributed by atoms with van der Waals surface area (Å²) in [7, 11) is 0. The van der Waals surface area contributed by atoms with Gasteiger partial charge >= 0.3 is 0 Å². The summed E-state index contributed by atoms with van der Waals surface area (Å²) in [6, 6.07) is 17.5. The minimum Gasteiger partial charge on any atom is -0.471 e. The Balaban J connectivity index is 1.57. The number of ether oxygens (including phenoxy) is 1. The normalized spacial score (nSPS) is 26.3. The van der Waals surface area contributed by atoms with E-state index in [0.29, 0.717) is 22.5 Å². The first-order valence-electron chi connectivity index (χ1n) is 12.1. The Kier molecular flexibility index (Phi) is 6.23. The molecule has 3 nitrogen and oxygen atoms in total. The van der Waals surface area contributed by atoms with Gasteiger partial charge < -0.3 is 4.74 Å². The van der Waals surface area contributed by atoms with Crippen LogP contribution in [0.5, 0.6) is 0 Å². The number of Topliss-reactive ketones (excluding diaryl/α,β-unsaturated/α-hetero) is 2. The fourth-order valence-corrected chi connectivity index (χ4v) is 6.90. The van der Waals surface area contributed by atoms with Gasteiger partial charge in [0.05, 0.1) is 5.57 Å². The van der Waals surface area contributed by atoms with E-state index < -0.39 is 4.93 Å². The van der Waals surface area contributed by atoms with Crippen LogP contribution in [0.2, 0.25) is 0 Å². The van der Waals surface area contributed by atoms with E-state index in [4.69, 9.17) is 4.74 Å². The number of fused-ring (bicyclic) bond motifs is 3. The molecule has 2 aromatic rings. The van der Waals surface area contributed by atoms with E-state index >= 15 is 0 Å². The predicted molar refractivity (Wildman–Crippen MR) is 128 cm³/mol. The third kappa shape index (κ3) is 3.94. The van der Waals surface area contributed by atoms with Crippen molar-refractivity contribution in [2.45, 2.75) is 74.0 Å². The Hall–Kier alpha value is -2.33. The molecule has 1 fully saturated rings. The van der Waals surface area contributed by atoms with E-state index in [9.17, 15) is 9.59 Å². The lowest BCUT2D eigenvalue weighted by atomic mass is 9.78. The van der Waals surface area contributed by atoms with Gasteiger partial charge in [-0.3, -0.25) is 9.59 Å². The van der Waals surface area contributed by atoms with Crippen LogP contribution < -0.4 is 0 Å². The first-order chi connectivity index (χ1) is 15.7. The second-order valence-corrected chi connectivity index (χ2v) is 10.6. The van der Waals surface area contributed by atoms with E-state index in [1.54, 1.807) is 23.9 Å². The Morgan fingerprint density at radius 1 is 0.719 bits per heavy atom. The van der Waals surface area contributed by atoms with Crippen molar-refractivity contribution < 1.29 is 14.3 Å². The summed E-state index contributed by atoms with van der Waals surface area (Å²) in [6.45, 7) is 0. The van der Waals surface area contributed by atoms with E-state index in [2.05, 4.69) is 12.1 Å². The molecule has 5 rings (SSSR count). The summed E-state index contributed by atoms with van der Waals surface area (Å²) in [5.74, 6) is 0.117. The van der Waals surface area contributed by atoms with Crippen molar-refractivity contribution in [2.24, 2.45) is 5.92 Å². The average Bonchev–Trinajstić information content (AvgIpc) is 3.12. The van der Waals surface area contributed by atoms with Crippen molar-refractivity contribution in [3.63, 3.8) is 0 Å². The number of rotatable bonds is 2. The molecular weight excluding hydrogens is 416 g/mol. The lowest BCUT2D eigenvalue weighted by molar-refractivity contribution is 0.0539. The first kappa shape index (κ1) is 21.5. The lowest BCUT2D eigenvalue weighted by Crippen LogP contribution is -2.35. The Morgan fingerprint density at radius 3 is 2.03 bits per heavy atom. The summed E-state index contributed by atoms with van der Waals surface area (Å²) in [4.78, 5) is 27.7. The molecule has 2 aromatic carbocycles. The van der Waals surface area contributed by atoms with Gasteiger partial charge in [0.25, 0.3) is 0 Å². The number of carbonyl (C=O) groups is 2. The molecule has 2 atom stereocenters. The summed E-state index contributed by atoms with van der Waals surface area (Å²) >= 11 is 1.71. The third-order valence-electron chi connectivity index (χ3n) is 7.07. The maximum absolute atomic E-state index is 13.7. The predicted octanol–water partition coefficient (Wildman–Crippen LogP) is 7.37. The van der Waals surface area contributed by atoms with Crippen molar-refractivity contribution in [3.8, 4) is 0 Å². The molecule has 4 heteroatoms. The van der Waals surface area contributed by atoms with Crippen LogP contribution in [-0.4, -0.2) is 16.5 Å². The molecule has 0 bridgehead atoms. The summed E-state index contributed by atoms with van der Waals surface area (Å²) in [6.07, 6.45) is 11.3. The van der Waals surface area contributed by atoms with Crippen molar-refractivity contribution in [2.75, 3.05) is 0 Å². The first-order valence-corrected chi connectivity index (χ1v) is 12.9. The number of benzene rings is 2. The largest absolute Gasteiger partial charge is 0.471 e. The van der Waals surface area contributed by atoms with Crippen molar-refractivity contribution >= 4 is 23.3 Å². The van der Waals surface area contributed by atoms with Gasteiger partial charge in [0.1, 0.15) is 0 Å². The van der Waals surface area contributed by atoms with E-state index in [0.717, 1.165) is 30.6 Å². The standard InChI is InChI=1S/C28H30O3S/c29-25-21-16-11-12-17-22(21)26(30)27-24(25)23-18-10-5-3-1-2-4-6-13-19-28(23,31-27)32-20-14-8-7-9-15-20/h7-9,11-12,14-17,23H,1-6,10,13,18-19H2/t23-,28+/m0/s1. The van der Waals surface area contributed by atoms with Gasteiger partial charge in [0.2, 0.25) is 5.78 Å². The molecule has 1 aliphatic heterocycles. The number of ketones is 2. The van der Waals surface area contributed by atoms with E-state index in [1.807, 2.05) is 30.3 Å². The fraction of sp³-hybridized carbons (Fsp3) is 0.429. The van der Waals surface area contributed by atoms with Crippen LogP contribution >= 0.6 is 11.8 Å². The minimum atomic E-state index is -0.599. The van der Waals surface area contributed by atoms with Crippen LogP contribution in [0.25, 0.3) is 0 Å². The summed E-state index contributed by atoms with van der Waals surface area (Å²) in [5.41, 5.74) is 1.65. The van der Waals surface area contributed by atoms with Crippen LogP contribution in [0.15, 0.2) is 70.8 Å². The number of allylic oxidation sites excluding steroid dienone is 1. The molecule has 1 heterocycles. The highest BCUT2D eigenvalue weighted by Gasteiger charge is 2.55. The van der Waals surface area contributed by atoms with Crippen LogP contribution in [0.4, 0.5) is 0 Å². The van der Waals surface area contributed by atoms with Gasteiger partial charge in [-0.15, -0.1) is 0 Å². The maximum atomic E-state index is 13.7. The smallest absolute Gasteiger partial charge is 0.228 e. The molecule has 0 saturated heterocycles. The Bertz CT molecular complexity index is 1040. The lowest BCUT2D eigenvalue weighted by Gasteiger charge is -2.35. The highest BCUT2D eigenvalue weighted by atomic mass is 32.2. The van der Waals surface area contributed by atoms with Crippen molar-refractivity contribution in [1.29, 1.82) is 0 Å². The molecule has 1 saturated carbocycles. The topological polar surface area (TPSA) is 43.4 Å². The maximum Gasteiger partial charge on any atom is 0.228 e. The Labute approximate surface area is 194 Å². The van der Waals surface area contributed by atoms with Gasteiger partial charge in [0.15, 0.2) is 16.5 Å².